The molecule has 128 valence electrons. The Labute approximate surface area is 149 Å². The van der Waals surface area contributed by atoms with Crippen LogP contribution in [0.3, 0.4) is 0 Å². The van der Waals surface area contributed by atoms with Crippen LogP contribution in [-0.2, 0) is 17.6 Å². The number of para-hydroxylation sites is 1. The third-order valence-corrected chi connectivity index (χ3v) is 4.25. The highest BCUT2D eigenvalue weighted by molar-refractivity contribution is 6.30. The minimum absolute atomic E-state index is 0.122. The number of ether oxygens (including phenoxy) is 1. The molecule has 0 radical (unpaired) electrons. The average molecular weight is 346 g/mol. The molecule has 0 heterocycles. The van der Waals surface area contributed by atoms with E-state index in [1.807, 2.05) is 13.0 Å². The Bertz CT molecular complexity index is 660. The molecule has 0 saturated carbocycles. The van der Waals surface area contributed by atoms with Gasteiger partial charge < -0.3 is 10.1 Å². The van der Waals surface area contributed by atoms with E-state index in [4.69, 9.17) is 16.3 Å². The van der Waals surface area contributed by atoms with Gasteiger partial charge in [0, 0.05) is 10.7 Å². The fourth-order valence-corrected chi connectivity index (χ4v) is 2.73. The smallest absolute Gasteiger partial charge is 0.265 e. The Morgan fingerprint density at radius 3 is 2.12 bits per heavy atom. The minimum Gasteiger partial charge on any atom is -0.481 e. The van der Waals surface area contributed by atoms with Gasteiger partial charge in [0.05, 0.1) is 0 Å². The second-order valence-corrected chi connectivity index (χ2v) is 6.05. The van der Waals surface area contributed by atoms with E-state index >= 15 is 0 Å². The van der Waals surface area contributed by atoms with Gasteiger partial charge in [-0.3, -0.25) is 4.79 Å². The van der Waals surface area contributed by atoms with Crippen LogP contribution in [0.5, 0.6) is 5.75 Å². The predicted octanol–water partition coefficient (Wildman–Crippen LogP) is 5.26. The number of nitrogens with one attached hydrogen (secondary N) is 1. The summed E-state index contributed by atoms with van der Waals surface area (Å²) in [6.07, 6.45) is 1.79. The van der Waals surface area contributed by atoms with Crippen LogP contribution in [0.4, 0.5) is 5.69 Å². The highest BCUT2D eigenvalue weighted by Gasteiger charge is 2.20. The molecule has 1 N–H and O–H groups in total. The van der Waals surface area contributed by atoms with Crippen LogP contribution >= 0.6 is 11.6 Å². The number of hydrogen-bond acceptors (Lipinski definition) is 2. The Hall–Kier alpha value is -2.00. The Kier molecular flexibility index (Phi) is 6.68. The van der Waals surface area contributed by atoms with E-state index in [0.717, 1.165) is 29.7 Å². The van der Waals surface area contributed by atoms with Gasteiger partial charge in [-0.15, -0.1) is 0 Å². The number of aryl methyl sites for hydroxylation is 2. The lowest BCUT2D eigenvalue weighted by Crippen LogP contribution is -2.33. The third-order valence-electron chi connectivity index (χ3n) is 4.00. The molecule has 4 heteroatoms. The van der Waals surface area contributed by atoms with Crippen LogP contribution in [0.1, 0.15) is 38.3 Å². The first kappa shape index (κ1) is 18.3. The monoisotopic (exact) mass is 345 g/mol. The maximum atomic E-state index is 12.7. The Morgan fingerprint density at radius 2 is 1.62 bits per heavy atom. The van der Waals surface area contributed by atoms with E-state index in [1.54, 1.807) is 24.3 Å². The summed E-state index contributed by atoms with van der Waals surface area (Å²) in [5, 5.41) is 3.72. The second-order valence-electron chi connectivity index (χ2n) is 5.62. The number of benzene rings is 2. The van der Waals surface area contributed by atoms with Crippen LogP contribution in [0, 0.1) is 0 Å². The van der Waals surface area contributed by atoms with Crippen molar-refractivity contribution in [1.82, 2.24) is 0 Å². The van der Waals surface area contributed by atoms with Crippen molar-refractivity contribution in [2.24, 2.45) is 0 Å². The summed E-state index contributed by atoms with van der Waals surface area (Å²) >= 11 is 5.88. The van der Waals surface area contributed by atoms with Crippen molar-refractivity contribution in [1.29, 1.82) is 0 Å². The van der Waals surface area contributed by atoms with Gasteiger partial charge in [0.2, 0.25) is 0 Å². The summed E-state index contributed by atoms with van der Waals surface area (Å²) in [6, 6.07) is 13.2. The molecule has 2 aromatic carbocycles. The van der Waals surface area contributed by atoms with Crippen LogP contribution in [0.15, 0.2) is 42.5 Å². The lowest BCUT2D eigenvalue weighted by molar-refractivity contribution is -0.122. The number of anilines is 1. The van der Waals surface area contributed by atoms with Crippen molar-refractivity contribution in [2.75, 3.05) is 5.32 Å². The maximum absolute atomic E-state index is 12.7. The van der Waals surface area contributed by atoms with Gasteiger partial charge in [0.1, 0.15) is 5.75 Å². The number of rotatable bonds is 7. The molecular weight excluding hydrogens is 322 g/mol. The number of carbonyl (C=O) groups excluding carboxylic acids is 1. The second kappa shape index (κ2) is 8.74. The van der Waals surface area contributed by atoms with Crippen LogP contribution in [-0.4, -0.2) is 12.0 Å². The topological polar surface area (TPSA) is 38.3 Å². The van der Waals surface area contributed by atoms with Gasteiger partial charge in [0.15, 0.2) is 6.10 Å². The van der Waals surface area contributed by atoms with E-state index in [1.165, 1.54) is 0 Å². The maximum Gasteiger partial charge on any atom is 0.265 e. The molecule has 0 aliphatic heterocycles. The standard InChI is InChI=1S/C20H24ClNO2/c1-4-14-8-7-9-15(5-2)19(14)22-20(23)18(6-3)24-17-12-10-16(21)11-13-17/h7-13,18H,4-6H2,1-3H3,(H,22,23)/t18-/m1/s1. The zero-order valence-corrected chi connectivity index (χ0v) is 15.2. The van der Waals surface area contributed by atoms with Crippen molar-refractivity contribution in [3.63, 3.8) is 0 Å². The first-order valence-electron chi connectivity index (χ1n) is 8.42. The van der Waals surface area contributed by atoms with E-state index in [2.05, 4.69) is 31.3 Å². The molecule has 0 unspecified atom stereocenters. The molecule has 2 rings (SSSR count). The van der Waals surface area contributed by atoms with Crippen LogP contribution < -0.4 is 10.1 Å². The van der Waals surface area contributed by atoms with Crippen molar-refractivity contribution in [3.8, 4) is 5.75 Å². The number of hydrogen-bond donors (Lipinski definition) is 1. The quantitative estimate of drug-likeness (QED) is 0.743. The van der Waals surface area contributed by atoms with Crippen molar-refractivity contribution in [2.45, 2.75) is 46.1 Å². The lowest BCUT2D eigenvalue weighted by atomic mass is 10.0. The lowest BCUT2D eigenvalue weighted by Gasteiger charge is -2.20. The fourth-order valence-electron chi connectivity index (χ4n) is 2.61. The summed E-state index contributed by atoms with van der Waals surface area (Å²) in [5.41, 5.74) is 3.21. The van der Waals surface area contributed by atoms with Crippen molar-refractivity contribution in [3.05, 3.63) is 58.6 Å². The molecule has 1 atom stereocenters. The largest absolute Gasteiger partial charge is 0.481 e. The van der Waals surface area contributed by atoms with Crippen LogP contribution in [0.25, 0.3) is 0 Å². The molecule has 0 aliphatic carbocycles. The average Bonchev–Trinajstić information content (AvgIpc) is 2.61. The molecule has 0 bridgehead atoms. The molecule has 0 saturated heterocycles. The summed E-state index contributed by atoms with van der Waals surface area (Å²) < 4.78 is 5.83. The Morgan fingerprint density at radius 1 is 1.04 bits per heavy atom. The van der Waals surface area contributed by atoms with Crippen LogP contribution in [0.2, 0.25) is 5.02 Å². The fraction of sp³-hybridized carbons (Fsp3) is 0.350. The zero-order chi connectivity index (χ0) is 17.5. The molecule has 3 nitrogen and oxygen atoms in total. The molecule has 1 amide bonds. The van der Waals surface area contributed by atoms with Gasteiger partial charge >= 0.3 is 0 Å². The molecule has 0 aliphatic rings. The SMILES string of the molecule is CCc1cccc(CC)c1NC(=O)[C@@H](CC)Oc1ccc(Cl)cc1. The summed E-state index contributed by atoms with van der Waals surface area (Å²) in [6.45, 7) is 6.12. The zero-order valence-electron chi connectivity index (χ0n) is 14.4. The molecule has 24 heavy (non-hydrogen) atoms. The van der Waals surface area contributed by atoms with E-state index < -0.39 is 6.10 Å². The molecule has 0 spiro atoms. The predicted molar refractivity (Wildman–Crippen MR) is 100.0 cm³/mol. The first-order valence-corrected chi connectivity index (χ1v) is 8.80. The highest BCUT2D eigenvalue weighted by atomic mass is 35.5. The van der Waals surface area contributed by atoms with Gasteiger partial charge in [-0.05, 0) is 54.7 Å². The minimum atomic E-state index is -0.541. The summed E-state index contributed by atoms with van der Waals surface area (Å²) in [5.74, 6) is 0.518. The molecular formula is C20H24ClNO2. The van der Waals surface area contributed by atoms with Gasteiger partial charge in [-0.2, -0.15) is 0 Å². The first-order chi connectivity index (χ1) is 11.6. The molecule has 0 fully saturated rings. The van der Waals surface area contributed by atoms with Crippen molar-refractivity contribution >= 4 is 23.2 Å². The van der Waals surface area contributed by atoms with E-state index in [9.17, 15) is 4.79 Å². The number of halogens is 1. The normalized spacial score (nSPS) is 11.8. The van der Waals surface area contributed by atoms with Gasteiger partial charge in [-0.25, -0.2) is 0 Å². The molecule has 2 aromatic rings. The van der Waals surface area contributed by atoms with E-state index in [-0.39, 0.29) is 5.91 Å². The summed E-state index contributed by atoms with van der Waals surface area (Å²) in [7, 11) is 0. The number of amides is 1. The molecule has 0 aromatic heterocycles. The van der Waals surface area contributed by atoms with Crippen molar-refractivity contribution < 1.29 is 9.53 Å². The number of carbonyl (C=O) groups is 1. The van der Waals surface area contributed by atoms with E-state index in [0.29, 0.717) is 17.2 Å². The Balaban J connectivity index is 2.16. The third kappa shape index (κ3) is 4.51. The summed E-state index contributed by atoms with van der Waals surface area (Å²) in [4.78, 5) is 12.7. The highest BCUT2D eigenvalue weighted by Crippen LogP contribution is 2.24. The van der Waals surface area contributed by atoms with Gasteiger partial charge in [0.25, 0.3) is 5.91 Å². The van der Waals surface area contributed by atoms with Gasteiger partial charge in [-0.1, -0.05) is 50.6 Å².